The van der Waals surface area contributed by atoms with Gasteiger partial charge in [0.05, 0.1) is 0 Å². The fraction of sp³-hybridized carbons (Fsp3) is 0.0556. The monoisotopic (exact) mass is 351 g/mol. The molecule has 0 unspecified atom stereocenters. The molecule has 2 aromatic carbocycles. The number of nitrogen functional groups attached to an aromatic ring is 1. The minimum atomic E-state index is -0.256. The molecular weight excluding hydrogens is 334 g/mol. The van der Waals surface area contributed by atoms with Crippen LogP contribution in [0.1, 0.15) is 15.9 Å². The average Bonchev–Trinajstić information content (AvgIpc) is 2.63. The van der Waals surface area contributed by atoms with Gasteiger partial charge in [0, 0.05) is 10.5 Å². The summed E-state index contributed by atoms with van der Waals surface area (Å²) in [4.78, 5) is 21.6. The van der Waals surface area contributed by atoms with Crippen molar-refractivity contribution in [2.45, 2.75) is 16.8 Å². The van der Waals surface area contributed by atoms with Gasteiger partial charge in [0.1, 0.15) is 17.0 Å². The van der Waals surface area contributed by atoms with Gasteiger partial charge in [-0.2, -0.15) is 0 Å². The Morgan fingerprint density at radius 2 is 1.76 bits per heavy atom. The van der Waals surface area contributed by atoms with Crippen molar-refractivity contribution in [1.82, 2.24) is 15.4 Å². The number of hydrogen-bond donors (Lipinski definition) is 3. The van der Waals surface area contributed by atoms with E-state index in [1.165, 1.54) is 18.1 Å². The smallest absolute Gasteiger partial charge is 0.269 e. The molecule has 126 valence electrons. The van der Waals surface area contributed by atoms with Crippen LogP contribution in [-0.2, 0) is 0 Å². The van der Waals surface area contributed by atoms with Crippen LogP contribution in [0.5, 0.6) is 0 Å². The molecule has 1 heterocycles. The summed E-state index contributed by atoms with van der Waals surface area (Å²) in [5.74, 6) is 0.101. The zero-order chi connectivity index (χ0) is 17.6. The largest absolute Gasteiger partial charge is 0.393 e. The van der Waals surface area contributed by atoms with Crippen LogP contribution in [-0.4, -0.2) is 15.9 Å². The second-order valence-corrected chi connectivity index (χ2v) is 6.31. The summed E-state index contributed by atoms with van der Waals surface area (Å²) >= 11 is 1.43. The molecule has 0 aliphatic rings. The minimum absolute atomic E-state index is 0.256. The van der Waals surface area contributed by atoms with E-state index in [-0.39, 0.29) is 5.91 Å². The number of benzene rings is 2. The number of aryl methyl sites for hydroxylation is 1. The maximum atomic E-state index is 12.3. The van der Waals surface area contributed by atoms with E-state index in [0.29, 0.717) is 22.1 Å². The van der Waals surface area contributed by atoms with Crippen LogP contribution in [0.15, 0.2) is 70.8 Å². The van der Waals surface area contributed by atoms with Crippen LogP contribution in [0.4, 0.5) is 11.5 Å². The predicted octanol–water partition coefficient (Wildman–Crippen LogP) is 3.28. The Kier molecular flexibility index (Phi) is 5.15. The van der Waals surface area contributed by atoms with E-state index >= 15 is 0 Å². The van der Waals surface area contributed by atoms with Gasteiger partial charge in [-0.25, -0.2) is 9.97 Å². The van der Waals surface area contributed by atoms with E-state index in [1.807, 2.05) is 55.5 Å². The third kappa shape index (κ3) is 4.07. The molecule has 0 aliphatic carbocycles. The molecule has 0 aliphatic heterocycles. The highest BCUT2D eigenvalue weighted by atomic mass is 32.2. The summed E-state index contributed by atoms with van der Waals surface area (Å²) in [7, 11) is 0. The third-order valence-corrected chi connectivity index (χ3v) is 4.52. The van der Waals surface area contributed by atoms with Crippen molar-refractivity contribution in [2.24, 2.45) is 0 Å². The first-order chi connectivity index (χ1) is 12.1. The first-order valence-electron chi connectivity index (χ1n) is 7.60. The van der Waals surface area contributed by atoms with E-state index < -0.39 is 0 Å². The molecule has 0 radical (unpaired) electrons. The van der Waals surface area contributed by atoms with Gasteiger partial charge in [0.15, 0.2) is 5.82 Å². The van der Waals surface area contributed by atoms with Gasteiger partial charge < -0.3 is 5.73 Å². The average molecular weight is 351 g/mol. The number of aromatic nitrogens is 2. The number of nitrogens with one attached hydrogen (secondary N) is 2. The number of amides is 1. The van der Waals surface area contributed by atoms with E-state index in [0.717, 1.165) is 10.5 Å². The van der Waals surface area contributed by atoms with E-state index in [2.05, 4.69) is 20.8 Å². The van der Waals surface area contributed by atoms with Crippen molar-refractivity contribution in [3.8, 4) is 0 Å². The fourth-order valence-corrected chi connectivity index (χ4v) is 2.99. The molecule has 6 nitrogen and oxygen atoms in total. The first kappa shape index (κ1) is 16.8. The molecule has 0 bridgehead atoms. The maximum absolute atomic E-state index is 12.3. The molecule has 0 atom stereocenters. The summed E-state index contributed by atoms with van der Waals surface area (Å²) in [5, 5.41) is 0.619. The zero-order valence-electron chi connectivity index (χ0n) is 13.6. The highest BCUT2D eigenvalue weighted by molar-refractivity contribution is 7.99. The highest BCUT2D eigenvalue weighted by Gasteiger charge is 2.12. The molecular formula is C18H17N5OS. The molecule has 0 saturated carbocycles. The Morgan fingerprint density at radius 1 is 1.04 bits per heavy atom. The second-order valence-electron chi connectivity index (χ2n) is 5.25. The Labute approximate surface area is 149 Å². The second kappa shape index (κ2) is 7.67. The molecule has 0 saturated heterocycles. The number of nitrogens with two attached hydrogens (primary N) is 1. The van der Waals surface area contributed by atoms with E-state index in [9.17, 15) is 4.79 Å². The van der Waals surface area contributed by atoms with Crippen LogP contribution in [0.3, 0.4) is 0 Å². The van der Waals surface area contributed by atoms with E-state index in [4.69, 9.17) is 5.73 Å². The number of carbonyl (C=O) groups excluding carboxylic acids is 1. The van der Waals surface area contributed by atoms with Gasteiger partial charge in [0.2, 0.25) is 0 Å². The normalized spacial score (nSPS) is 10.3. The van der Waals surface area contributed by atoms with Gasteiger partial charge >= 0.3 is 0 Å². The van der Waals surface area contributed by atoms with Crippen LogP contribution < -0.4 is 16.6 Å². The lowest BCUT2D eigenvalue weighted by Gasteiger charge is -2.12. The van der Waals surface area contributed by atoms with Crippen molar-refractivity contribution in [3.05, 3.63) is 72.1 Å². The first-order valence-corrected chi connectivity index (χ1v) is 8.42. The number of nitrogens with zero attached hydrogens (tertiary/aromatic N) is 2. The number of hydrazine groups is 1. The topological polar surface area (TPSA) is 92.9 Å². The Bertz CT molecular complexity index is 886. The summed E-state index contributed by atoms with van der Waals surface area (Å²) in [5.41, 5.74) is 13.4. The molecule has 3 rings (SSSR count). The lowest BCUT2D eigenvalue weighted by atomic mass is 10.1. The minimum Gasteiger partial charge on any atom is -0.393 e. The lowest BCUT2D eigenvalue weighted by molar-refractivity contribution is 0.0962. The van der Waals surface area contributed by atoms with Gasteiger partial charge in [-0.05, 0) is 30.7 Å². The van der Waals surface area contributed by atoms with Gasteiger partial charge in [-0.3, -0.25) is 15.6 Å². The van der Waals surface area contributed by atoms with Crippen molar-refractivity contribution in [3.63, 3.8) is 0 Å². The van der Waals surface area contributed by atoms with Crippen LogP contribution >= 0.6 is 11.8 Å². The van der Waals surface area contributed by atoms with Crippen molar-refractivity contribution >= 4 is 29.2 Å². The van der Waals surface area contributed by atoms with Gasteiger partial charge in [-0.1, -0.05) is 48.2 Å². The Hall–Kier alpha value is -3.06. The standard InChI is InChI=1S/C18H17N5OS/c1-12-7-5-6-10-14(12)17(24)23-22-16-15(19)18(21-11-20-16)25-13-8-3-2-4-9-13/h2-11H,19H2,1H3,(H,23,24)(H,20,21,22). The lowest BCUT2D eigenvalue weighted by Crippen LogP contribution is -2.30. The van der Waals surface area contributed by atoms with E-state index in [1.54, 1.807) is 6.07 Å². The summed E-state index contributed by atoms with van der Waals surface area (Å²) < 4.78 is 0. The molecule has 4 N–H and O–H groups in total. The summed E-state index contributed by atoms with van der Waals surface area (Å²) in [6.07, 6.45) is 1.41. The molecule has 0 fully saturated rings. The number of anilines is 2. The SMILES string of the molecule is Cc1ccccc1C(=O)NNc1ncnc(Sc2ccccc2)c1N. The number of carbonyl (C=O) groups is 1. The van der Waals surface area contributed by atoms with Crippen LogP contribution in [0.25, 0.3) is 0 Å². The van der Waals surface area contributed by atoms with Crippen LogP contribution in [0.2, 0.25) is 0 Å². The van der Waals surface area contributed by atoms with Gasteiger partial charge in [-0.15, -0.1) is 0 Å². The predicted molar refractivity (Wildman–Crippen MR) is 99.3 cm³/mol. The molecule has 1 amide bonds. The van der Waals surface area contributed by atoms with Crippen molar-refractivity contribution < 1.29 is 4.79 Å². The van der Waals surface area contributed by atoms with Crippen LogP contribution in [0, 0.1) is 6.92 Å². The number of hydrogen-bond acceptors (Lipinski definition) is 6. The fourth-order valence-electron chi connectivity index (χ4n) is 2.17. The summed E-state index contributed by atoms with van der Waals surface area (Å²) in [6.45, 7) is 1.88. The molecule has 1 aromatic heterocycles. The number of rotatable bonds is 5. The molecule has 0 spiro atoms. The Morgan fingerprint density at radius 3 is 2.52 bits per heavy atom. The molecule has 3 aromatic rings. The highest BCUT2D eigenvalue weighted by Crippen LogP contribution is 2.32. The molecule has 25 heavy (non-hydrogen) atoms. The third-order valence-electron chi connectivity index (χ3n) is 3.49. The molecule has 7 heteroatoms. The van der Waals surface area contributed by atoms with Crippen molar-refractivity contribution in [1.29, 1.82) is 0 Å². The summed E-state index contributed by atoms with van der Waals surface area (Å²) in [6, 6.07) is 17.1. The quantitative estimate of drug-likeness (QED) is 0.482. The zero-order valence-corrected chi connectivity index (χ0v) is 14.4. The Balaban J connectivity index is 1.72. The van der Waals surface area contributed by atoms with Crippen molar-refractivity contribution in [2.75, 3.05) is 11.2 Å². The maximum Gasteiger partial charge on any atom is 0.269 e. The van der Waals surface area contributed by atoms with Gasteiger partial charge in [0.25, 0.3) is 5.91 Å².